The Morgan fingerprint density at radius 3 is 2.65 bits per heavy atom. The first-order chi connectivity index (χ1) is 8.11. The molecule has 0 saturated heterocycles. The molecule has 17 heavy (non-hydrogen) atoms. The van der Waals surface area contributed by atoms with Crippen LogP contribution in [0.2, 0.25) is 0 Å². The molecule has 92 valence electrons. The Kier molecular flexibility index (Phi) is 2.44. The van der Waals surface area contributed by atoms with Crippen molar-refractivity contribution < 1.29 is 4.74 Å². The van der Waals surface area contributed by atoms with Gasteiger partial charge < -0.3 is 10.5 Å². The molecule has 2 heteroatoms. The average Bonchev–Trinajstić information content (AvgIpc) is 2.72. The molecule has 2 nitrogen and oxygen atoms in total. The molecule has 2 N–H and O–H groups in total. The highest BCUT2D eigenvalue weighted by molar-refractivity contribution is 5.48. The summed E-state index contributed by atoms with van der Waals surface area (Å²) in [5, 5.41) is 0. The molecule has 1 spiro atoms. The number of hydrogen-bond donors (Lipinski definition) is 1. The van der Waals surface area contributed by atoms with Gasteiger partial charge in [-0.25, -0.2) is 0 Å². The molecule has 0 aromatic heterocycles. The molecule has 0 amide bonds. The number of benzene rings is 1. The lowest BCUT2D eigenvalue weighted by Gasteiger charge is -2.39. The van der Waals surface area contributed by atoms with Gasteiger partial charge in [-0.05, 0) is 50.7 Å². The predicted octanol–water partition coefficient (Wildman–Crippen LogP) is 3.40. The molecular formula is C15H21NO. The van der Waals surface area contributed by atoms with Crippen molar-refractivity contribution >= 4 is 0 Å². The van der Waals surface area contributed by atoms with Crippen molar-refractivity contribution in [2.24, 2.45) is 5.73 Å². The first-order valence-corrected chi connectivity index (χ1v) is 6.66. The maximum absolute atomic E-state index is 6.38. The van der Waals surface area contributed by atoms with E-state index in [2.05, 4.69) is 26.0 Å². The van der Waals surface area contributed by atoms with Gasteiger partial charge in [-0.3, -0.25) is 0 Å². The van der Waals surface area contributed by atoms with Crippen LogP contribution in [0.3, 0.4) is 0 Å². The fraction of sp³-hybridized carbons (Fsp3) is 0.600. The number of fused-ring (bicyclic) bond motifs is 1. The molecule has 1 aliphatic carbocycles. The first kappa shape index (κ1) is 11.1. The minimum absolute atomic E-state index is 0.0466. The SMILES string of the molecule is Cc1ccc2c(c1C)OC1(CCCC1)CC2N. The van der Waals surface area contributed by atoms with Crippen LogP contribution >= 0.6 is 0 Å². The zero-order valence-corrected chi connectivity index (χ0v) is 10.8. The molecule has 1 atom stereocenters. The molecule has 1 heterocycles. The first-order valence-electron chi connectivity index (χ1n) is 6.66. The van der Waals surface area contributed by atoms with Crippen molar-refractivity contribution in [3.8, 4) is 5.75 Å². The van der Waals surface area contributed by atoms with Gasteiger partial charge in [0.1, 0.15) is 11.4 Å². The number of rotatable bonds is 0. The highest BCUT2D eigenvalue weighted by Crippen LogP contribution is 2.47. The van der Waals surface area contributed by atoms with Crippen LogP contribution in [0.1, 0.15) is 54.8 Å². The smallest absolute Gasteiger partial charge is 0.128 e. The zero-order valence-electron chi connectivity index (χ0n) is 10.8. The molecule has 1 aromatic rings. The van der Waals surface area contributed by atoms with Crippen LogP contribution in [-0.4, -0.2) is 5.60 Å². The molecule has 1 unspecified atom stereocenters. The summed E-state index contributed by atoms with van der Waals surface area (Å²) in [6.07, 6.45) is 5.91. The summed E-state index contributed by atoms with van der Waals surface area (Å²) in [6, 6.07) is 4.45. The van der Waals surface area contributed by atoms with E-state index in [1.165, 1.54) is 42.4 Å². The van der Waals surface area contributed by atoms with Crippen LogP contribution in [-0.2, 0) is 0 Å². The lowest BCUT2D eigenvalue weighted by Crippen LogP contribution is -2.40. The second kappa shape index (κ2) is 3.74. The van der Waals surface area contributed by atoms with E-state index in [0.29, 0.717) is 0 Å². The summed E-state index contributed by atoms with van der Waals surface area (Å²) >= 11 is 0. The van der Waals surface area contributed by atoms with Gasteiger partial charge in [-0.15, -0.1) is 0 Å². The largest absolute Gasteiger partial charge is 0.487 e. The standard InChI is InChI=1S/C15H21NO/c1-10-5-6-12-13(16)9-15(7-3-4-8-15)17-14(12)11(10)2/h5-6,13H,3-4,7-9,16H2,1-2H3. The molecule has 1 aliphatic heterocycles. The molecule has 2 aliphatic rings. The van der Waals surface area contributed by atoms with Crippen molar-refractivity contribution in [2.45, 2.75) is 57.6 Å². The third kappa shape index (κ3) is 1.66. The Balaban J connectivity index is 2.07. The van der Waals surface area contributed by atoms with E-state index >= 15 is 0 Å². The topological polar surface area (TPSA) is 35.2 Å². The van der Waals surface area contributed by atoms with E-state index in [1.807, 2.05) is 0 Å². The van der Waals surface area contributed by atoms with E-state index in [0.717, 1.165) is 12.2 Å². The lowest BCUT2D eigenvalue weighted by molar-refractivity contribution is 0.0417. The summed E-state index contributed by atoms with van der Waals surface area (Å²) < 4.78 is 6.38. The van der Waals surface area contributed by atoms with E-state index in [4.69, 9.17) is 10.5 Å². The van der Waals surface area contributed by atoms with E-state index < -0.39 is 0 Å². The van der Waals surface area contributed by atoms with E-state index in [-0.39, 0.29) is 11.6 Å². The van der Waals surface area contributed by atoms with Gasteiger partial charge in [0.15, 0.2) is 0 Å². The molecular weight excluding hydrogens is 210 g/mol. The molecule has 1 fully saturated rings. The van der Waals surface area contributed by atoms with Crippen molar-refractivity contribution in [2.75, 3.05) is 0 Å². The fourth-order valence-corrected chi connectivity index (χ4v) is 3.33. The van der Waals surface area contributed by atoms with Crippen LogP contribution in [0.15, 0.2) is 12.1 Å². The summed E-state index contributed by atoms with van der Waals surface area (Å²) in [7, 11) is 0. The Morgan fingerprint density at radius 1 is 1.24 bits per heavy atom. The van der Waals surface area contributed by atoms with Crippen LogP contribution in [0, 0.1) is 13.8 Å². The molecule has 3 rings (SSSR count). The average molecular weight is 231 g/mol. The van der Waals surface area contributed by atoms with Gasteiger partial charge >= 0.3 is 0 Å². The van der Waals surface area contributed by atoms with Crippen molar-refractivity contribution in [3.63, 3.8) is 0 Å². The van der Waals surface area contributed by atoms with Gasteiger partial charge in [0.25, 0.3) is 0 Å². The predicted molar refractivity (Wildman–Crippen MR) is 69.3 cm³/mol. The minimum Gasteiger partial charge on any atom is -0.487 e. The lowest BCUT2D eigenvalue weighted by atomic mass is 9.85. The maximum atomic E-state index is 6.38. The maximum Gasteiger partial charge on any atom is 0.128 e. The van der Waals surface area contributed by atoms with Crippen molar-refractivity contribution in [1.82, 2.24) is 0 Å². The summed E-state index contributed by atoms with van der Waals surface area (Å²) in [6.45, 7) is 4.29. The van der Waals surface area contributed by atoms with Gasteiger partial charge in [0, 0.05) is 18.0 Å². The highest BCUT2D eigenvalue weighted by Gasteiger charge is 2.42. The van der Waals surface area contributed by atoms with Crippen LogP contribution in [0.25, 0.3) is 0 Å². The Labute approximate surface area is 103 Å². The Bertz CT molecular complexity index is 446. The normalized spacial score (nSPS) is 25.7. The Hall–Kier alpha value is -1.02. The zero-order chi connectivity index (χ0) is 12.0. The van der Waals surface area contributed by atoms with Gasteiger partial charge in [0.2, 0.25) is 0 Å². The Morgan fingerprint density at radius 2 is 1.94 bits per heavy atom. The molecule has 0 bridgehead atoms. The van der Waals surface area contributed by atoms with Crippen LogP contribution in [0.5, 0.6) is 5.75 Å². The van der Waals surface area contributed by atoms with Crippen molar-refractivity contribution in [1.29, 1.82) is 0 Å². The second-order valence-corrected chi connectivity index (χ2v) is 5.73. The summed E-state index contributed by atoms with van der Waals surface area (Å²) in [4.78, 5) is 0. The van der Waals surface area contributed by atoms with Crippen molar-refractivity contribution in [3.05, 3.63) is 28.8 Å². The molecule has 1 aromatic carbocycles. The molecule has 1 saturated carbocycles. The monoisotopic (exact) mass is 231 g/mol. The number of ether oxygens (including phenoxy) is 1. The van der Waals surface area contributed by atoms with Gasteiger partial charge in [0.05, 0.1) is 0 Å². The third-order valence-electron chi connectivity index (χ3n) is 4.53. The highest BCUT2D eigenvalue weighted by atomic mass is 16.5. The van der Waals surface area contributed by atoms with Gasteiger partial charge in [-0.1, -0.05) is 12.1 Å². The van der Waals surface area contributed by atoms with Crippen LogP contribution < -0.4 is 10.5 Å². The third-order valence-corrected chi connectivity index (χ3v) is 4.53. The summed E-state index contributed by atoms with van der Waals surface area (Å²) in [5.41, 5.74) is 10.2. The summed E-state index contributed by atoms with van der Waals surface area (Å²) in [5.74, 6) is 1.07. The fourth-order valence-electron chi connectivity index (χ4n) is 3.33. The quantitative estimate of drug-likeness (QED) is 0.742. The van der Waals surface area contributed by atoms with Gasteiger partial charge in [-0.2, -0.15) is 0 Å². The molecule has 0 radical (unpaired) electrons. The number of hydrogen-bond acceptors (Lipinski definition) is 2. The number of nitrogens with two attached hydrogens (primary N) is 1. The van der Waals surface area contributed by atoms with E-state index in [9.17, 15) is 0 Å². The van der Waals surface area contributed by atoms with E-state index in [1.54, 1.807) is 0 Å². The number of aryl methyl sites for hydroxylation is 1. The minimum atomic E-state index is 0.0466. The van der Waals surface area contributed by atoms with Crippen LogP contribution in [0.4, 0.5) is 0 Å². The second-order valence-electron chi connectivity index (χ2n) is 5.73.